The zero-order valence-electron chi connectivity index (χ0n) is 6.10. The molecule has 0 aromatic heterocycles. The molecule has 1 fully saturated rings. The number of hydrogen-bond donors (Lipinski definition) is 0. The van der Waals surface area contributed by atoms with Gasteiger partial charge >= 0.3 is 0 Å². The van der Waals surface area contributed by atoms with E-state index in [4.69, 9.17) is 0 Å². The number of rotatable bonds is 2. The smallest absolute Gasteiger partial charge is 0.0618 e. The van der Waals surface area contributed by atoms with Gasteiger partial charge in [-0.15, -0.1) is 0 Å². The molecule has 1 aliphatic rings. The second kappa shape index (κ2) is 3.02. The van der Waals surface area contributed by atoms with Crippen molar-refractivity contribution in [3.63, 3.8) is 0 Å². The lowest BCUT2D eigenvalue weighted by molar-refractivity contribution is 0.656. The third kappa shape index (κ3) is 1.94. The van der Waals surface area contributed by atoms with Crippen LogP contribution in [0.4, 0.5) is 0 Å². The van der Waals surface area contributed by atoms with Crippen molar-refractivity contribution in [2.75, 3.05) is 0 Å². The molecule has 0 bridgehead atoms. The Kier molecular flexibility index (Phi) is 2.53. The minimum atomic E-state index is 0.794. The molecule has 0 spiro atoms. The summed E-state index contributed by atoms with van der Waals surface area (Å²) >= 11 is 0. The maximum absolute atomic E-state index is 2.29. The van der Waals surface area contributed by atoms with Crippen molar-refractivity contribution in [3.8, 4) is 0 Å². The normalized spacial score (nSPS) is 19.7. The molecule has 0 saturated carbocycles. The molecular weight excluding hydrogens is 148 g/mol. The summed E-state index contributed by atoms with van der Waals surface area (Å²) in [7, 11) is 3.83. The van der Waals surface area contributed by atoms with Crippen LogP contribution in [0, 0.1) is 5.92 Å². The maximum atomic E-state index is 2.29. The van der Waals surface area contributed by atoms with E-state index in [9.17, 15) is 0 Å². The van der Waals surface area contributed by atoms with Gasteiger partial charge in [-0.1, -0.05) is 13.8 Å². The molecular formula is C7H12S2. The first-order valence-corrected chi connectivity index (χ1v) is 5.46. The molecule has 0 N–H and O–H groups in total. The quantitative estimate of drug-likeness (QED) is 0.446. The van der Waals surface area contributed by atoms with Crippen LogP contribution in [0.2, 0.25) is 0 Å². The average Bonchev–Trinajstić information content (AvgIpc) is 2.66. The minimum Gasteiger partial charge on any atom is -0.0648 e. The van der Waals surface area contributed by atoms with Crippen LogP contribution >= 0.6 is 21.6 Å². The monoisotopic (exact) mass is 160 g/mol. The molecule has 1 atom stereocenters. The lowest BCUT2D eigenvalue weighted by Crippen LogP contribution is -1.92. The van der Waals surface area contributed by atoms with E-state index in [0.29, 0.717) is 0 Å². The fraction of sp³-hybridized carbons (Fsp3) is 0.714. The van der Waals surface area contributed by atoms with Gasteiger partial charge in [0, 0.05) is 0 Å². The molecule has 2 heteroatoms. The Labute approximate surface area is 64.9 Å². The molecule has 0 amide bonds. The van der Waals surface area contributed by atoms with Crippen LogP contribution in [0.5, 0.6) is 0 Å². The zero-order chi connectivity index (χ0) is 6.85. The highest BCUT2D eigenvalue weighted by molar-refractivity contribution is 8.96. The molecule has 0 aromatic rings. The SMILES string of the molecule is CCC(C)C(C)=C1SS1. The molecule has 1 aliphatic heterocycles. The first kappa shape index (κ1) is 7.55. The van der Waals surface area contributed by atoms with E-state index in [2.05, 4.69) is 20.8 Å². The molecule has 0 aromatic carbocycles. The molecule has 1 unspecified atom stereocenters. The Morgan fingerprint density at radius 3 is 2.44 bits per heavy atom. The van der Waals surface area contributed by atoms with Crippen molar-refractivity contribution in [3.05, 3.63) is 9.81 Å². The van der Waals surface area contributed by atoms with Gasteiger partial charge in [0.25, 0.3) is 0 Å². The van der Waals surface area contributed by atoms with Crippen LogP contribution in [-0.2, 0) is 0 Å². The second-order valence-corrected chi connectivity index (χ2v) is 4.85. The van der Waals surface area contributed by atoms with Crippen LogP contribution < -0.4 is 0 Å². The molecule has 1 saturated heterocycles. The van der Waals surface area contributed by atoms with Gasteiger partial charge in [0.2, 0.25) is 0 Å². The summed E-state index contributed by atoms with van der Waals surface area (Å²) in [4.78, 5) is 0. The van der Waals surface area contributed by atoms with Crippen molar-refractivity contribution in [2.45, 2.75) is 27.2 Å². The predicted octanol–water partition coefficient (Wildman–Crippen LogP) is 3.66. The predicted molar refractivity (Wildman–Crippen MR) is 47.3 cm³/mol. The fourth-order valence-electron chi connectivity index (χ4n) is 0.660. The van der Waals surface area contributed by atoms with Gasteiger partial charge < -0.3 is 0 Å². The van der Waals surface area contributed by atoms with Gasteiger partial charge in [0.05, 0.1) is 4.24 Å². The largest absolute Gasteiger partial charge is 0.0648 e. The molecule has 1 rings (SSSR count). The van der Waals surface area contributed by atoms with E-state index in [-0.39, 0.29) is 0 Å². The van der Waals surface area contributed by atoms with E-state index in [1.165, 1.54) is 6.42 Å². The van der Waals surface area contributed by atoms with Gasteiger partial charge in [-0.05, 0) is 46.4 Å². The van der Waals surface area contributed by atoms with E-state index < -0.39 is 0 Å². The molecule has 0 aliphatic carbocycles. The lowest BCUT2D eigenvalue weighted by Gasteiger charge is -2.05. The first-order valence-electron chi connectivity index (χ1n) is 3.31. The standard InChI is InChI=1S/C7H12S2/c1-4-5(2)6(3)7-8-9-7/h5H,4H2,1-3H3. The van der Waals surface area contributed by atoms with E-state index in [1.807, 2.05) is 21.6 Å². The van der Waals surface area contributed by atoms with Crippen molar-refractivity contribution in [1.82, 2.24) is 0 Å². The number of allylic oxidation sites excluding steroid dienone is 1. The third-order valence-corrected chi connectivity index (χ3v) is 3.82. The highest BCUT2D eigenvalue weighted by atomic mass is 33.2. The Bertz CT molecular complexity index is 132. The lowest BCUT2D eigenvalue weighted by atomic mass is 10.0. The third-order valence-electron chi connectivity index (χ3n) is 1.84. The van der Waals surface area contributed by atoms with E-state index in [1.54, 1.807) is 9.81 Å². The molecule has 0 radical (unpaired) electrons. The summed E-state index contributed by atoms with van der Waals surface area (Å²) in [6.45, 7) is 6.78. The number of hydrogen-bond acceptors (Lipinski definition) is 2. The minimum absolute atomic E-state index is 0.794. The summed E-state index contributed by atoms with van der Waals surface area (Å²) in [6.07, 6.45) is 1.27. The highest BCUT2D eigenvalue weighted by Crippen LogP contribution is 2.60. The molecule has 9 heavy (non-hydrogen) atoms. The molecule has 1 heterocycles. The van der Waals surface area contributed by atoms with Crippen LogP contribution in [0.25, 0.3) is 0 Å². The van der Waals surface area contributed by atoms with E-state index in [0.717, 1.165) is 5.92 Å². The molecule has 52 valence electrons. The van der Waals surface area contributed by atoms with Gasteiger partial charge in [-0.25, -0.2) is 0 Å². The van der Waals surface area contributed by atoms with Crippen LogP contribution in [0.15, 0.2) is 9.81 Å². The van der Waals surface area contributed by atoms with Gasteiger partial charge in [-0.3, -0.25) is 0 Å². The average molecular weight is 160 g/mol. The topological polar surface area (TPSA) is 0 Å². The summed E-state index contributed by atoms with van der Waals surface area (Å²) in [5.41, 5.74) is 1.59. The van der Waals surface area contributed by atoms with Crippen molar-refractivity contribution < 1.29 is 0 Å². The summed E-state index contributed by atoms with van der Waals surface area (Å²) < 4.78 is 1.56. The zero-order valence-corrected chi connectivity index (χ0v) is 7.73. The Hall–Kier alpha value is 0.440. The van der Waals surface area contributed by atoms with Gasteiger partial charge in [0.1, 0.15) is 0 Å². The van der Waals surface area contributed by atoms with Gasteiger partial charge in [-0.2, -0.15) is 0 Å². The highest BCUT2D eigenvalue weighted by Gasteiger charge is 2.20. The second-order valence-electron chi connectivity index (χ2n) is 2.45. The fourth-order valence-corrected chi connectivity index (χ4v) is 2.28. The van der Waals surface area contributed by atoms with E-state index >= 15 is 0 Å². The van der Waals surface area contributed by atoms with Crippen LogP contribution in [0.3, 0.4) is 0 Å². The summed E-state index contributed by atoms with van der Waals surface area (Å²) in [5, 5.41) is 0. The van der Waals surface area contributed by atoms with Crippen LogP contribution in [0.1, 0.15) is 27.2 Å². The summed E-state index contributed by atoms with van der Waals surface area (Å²) in [5.74, 6) is 0.794. The van der Waals surface area contributed by atoms with Crippen molar-refractivity contribution >= 4 is 21.6 Å². The Morgan fingerprint density at radius 1 is 1.56 bits per heavy atom. The van der Waals surface area contributed by atoms with Crippen molar-refractivity contribution in [2.24, 2.45) is 5.92 Å². The van der Waals surface area contributed by atoms with Crippen LogP contribution in [-0.4, -0.2) is 0 Å². The molecule has 0 nitrogen and oxygen atoms in total. The van der Waals surface area contributed by atoms with Gasteiger partial charge in [0.15, 0.2) is 0 Å². The first-order chi connectivity index (χ1) is 4.25. The maximum Gasteiger partial charge on any atom is 0.0618 e. The summed E-state index contributed by atoms with van der Waals surface area (Å²) in [6, 6.07) is 0. The Morgan fingerprint density at radius 2 is 2.11 bits per heavy atom. The van der Waals surface area contributed by atoms with Crippen molar-refractivity contribution in [1.29, 1.82) is 0 Å². The Balaban J connectivity index is 2.50.